The second-order valence-electron chi connectivity index (χ2n) is 6.04. The highest BCUT2D eigenvalue weighted by molar-refractivity contribution is 5.81. The van der Waals surface area contributed by atoms with Crippen LogP contribution >= 0.6 is 0 Å². The van der Waals surface area contributed by atoms with Crippen LogP contribution in [0, 0.1) is 0 Å². The van der Waals surface area contributed by atoms with E-state index in [4.69, 9.17) is 4.74 Å². The molecule has 0 amide bonds. The van der Waals surface area contributed by atoms with Gasteiger partial charge in [-0.15, -0.1) is 0 Å². The fourth-order valence-corrected chi connectivity index (χ4v) is 2.55. The summed E-state index contributed by atoms with van der Waals surface area (Å²) in [5.74, 6) is -0.314. The van der Waals surface area contributed by atoms with E-state index < -0.39 is 0 Å². The Morgan fingerprint density at radius 2 is 1.36 bits per heavy atom. The first-order valence-electron chi connectivity index (χ1n) is 9.26. The maximum absolute atomic E-state index is 11.1. The molecule has 0 aromatic heterocycles. The van der Waals surface area contributed by atoms with Crippen LogP contribution in [0.5, 0.6) is 0 Å². The molecule has 0 radical (unpaired) electrons. The number of unbranched alkanes of at least 4 members (excludes halogenated alkanes) is 8. The summed E-state index contributed by atoms with van der Waals surface area (Å²) in [5, 5.41) is 0. The molecule has 0 aliphatic heterocycles. The van der Waals surface area contributed by atoms with E-state index in [2.05, 4.69) is 25.3 Å². The van der Waals surface area contributed by atoms with Gasteiger partial charge in [-0.3, -0.25) is 4.90 Å². The van der Waals surface area contributed by atoms with Crippen molar-refractivity contribution in [3.8, 4) is 0 Å². The average molecular weight is 312 g/mol. The number of rotatable bonds is 16. The Hall–Kier alpha value is -0.830. The third kappa shape index (κ3) is 14.1. The molecule has 0 saturated heterocycles. The number of esters is 1. The van der Waals surface area contributed by atoms with E-state index in [1.807, 2.05) is 0 Å². The van der Waals surface area contributed by atoms with Gasteiger partial charge in [-0.05, 0) is 25.9 Å². The maximum atomic E-state index is 11.1. The zero-order valence-corrected chi connectivity index (χ0v) is 14.9. The minimum Gasteiger partial charge on any atom is -0.461 e. The Balaban J connectivity index is 3.86. The first-order valence-corrected chi connectivity index (χ1v) is 9.26. The molecule has 0 atom stereocenters. The summed E-state index contributed by atoms with van der Waals surface area (Å²) < 4.78 is 5.11. The molecule has 0 rings (SSSR count). The molecule has 130 valence electrons. The Kier molecular flexibility index (Phi) is 15.9. The number of ether oxygens (including phenoxy) is 1. The van der Waals surface area contributed by atoms with Crippen LogP contribution in [-0.4, -0.2) is 37.1 Å². The number of nitrogens with zero attached hydrogens (tertiary/aromatic N) is 1. The molecule has 0 saturated carbocycles. The lowest BCUT2D eigenvalue weighted by molar-refractivity contribution is -0.138. The van der Waals surface area contributed by atoms with Gasteiger partial charge in [0.05, 0.1) is 0 Å². The summed E-state index contributed by atoms with van der Waals surface area (Å²) in [6, 6.07) is 0. The minimum atomic E-state index is -0.314. The summed E-state index contributed by atoms with van der Waals surface area (Å²) in [4.78, 5) is 13.6. The lowest BCUT2D eigenvalue weighted by Gasteiger charge is -2.22. The summed E-state index contributed by atoms with van der Waals surface area (Å²) in [6.07, 6.45) is 14.3. The van der Waals surface area contributed by atoms with Gasteiger partial charge in [-0.1, -0.05) is 71.8 Å². The van der Waals surface area contributed by atoms with Crippen molar-refractivity contribution in [2.75, 3.05) is 26.2 Å². The quantitative estimate of drug-likeness (QED) is 0.229. The summed E-state index contributed by atoms with van der Waals surface area (Å²) in [7, 11) is 0. The Bertz CT molecular complexity index is 252. The van der Waals surface area contributed by atoms with Crippen molar-refractivity contribution < 1.29 is 9.53 Å². The molecule has 0 aliphatic carbocycles. The topological polar surface area (TPSA) is 29.5 Å². The predicted octanol–water partition coefficient (Wildman–Crippen LogP) is 4.96. The van der Waals surface area contributed by atoms with Gasteiger partial charge < -0.3 is 4.74 Å². The van der Waals surface area contributed by atoms with Gasteiger partial charge in [0.2, 0.25) is 0 Å². The molecule has 0 N–H and O–H groups in total. The monoisotopic (exact) mass is 311 g/mol. The summed E-state index contributed by atoms with van der Waals surface area (Å²) in [5.41, 5.74) is 0. The molecule has 0 spiro atoms. The molecule has 0 aromatic rings. The number of carbonyl (C=O) groups excluding carboxylic acids is 1. The van der Waals surface area contributed by atoms with Crippen LogP contribution in [0.1, 0.15) is 78.1 Å². The summed E-state index contributed by atoms with van der Waals surface area (Å²) >= 11 is 0. The van der Waals surface area contributed by atoms with Crippen LogP contribution < -0.4 is 0 Å². The molecule has 0 aliphatic rings. The first kappa shape index (κ1) is 21.2. The number of carbonyl (C=O) groups is 1. The molecule has 0 fully saturated rings. The van der Waals surface area contributed by atoms with E-state index in [1.54, 1.807) is 0 Å². The molecule has 0 unspecified atom stereocenters. The van der Waals surface area contributed by atoms with Crippen molar-refractivity contribution in [3.05, 3.63) is 12.7 Å². The van der Waals surface area contributed by atoms with Crippen molar-refractivity contribution in [2.45, 2.75) is 78.1 Å². The lowest BCUT2D eigenvalue weighted by Crippen LogP contribution is -2.30. The van der Waals surface area contributed by atoms with E-state index >= 15 is 0 Å². The van der Waals surface area contributed by atoms with E-state index in [9.17, 15) is 4.79 Å². The molecule has 22 heavy (non-hydrogen) atoms. The van der Waals surface area contributed by atoms with Crippen LogP contribution in [0.2, 0.25) is 0 Å². The first-order chi connectivity index (χ1) is 10.7. The van der Waals surface area contributed by atoms with E-state index in [-0.39, 0.29) is 5.97 Å². The summed E-state index contributed by atoms with van der Waals surface area (Å²) in [6.45, 7) is 11.5. The number of hydrogen-bond donors (Lipinski definition) is 0. The van der Waals surface area contributed by atoms with Crippen molar-refractivity contribution in [1.82, 2.24) is 4.90 Å². The van der Waals surface area contributed by atoms with Crippen LogP contribution in [0.15, 0.2) is 12.7 Å². The number of hydrogen-bond acceptors (Lipinski definition) is 3. The highest BCUT2D eigenvalue weighted by Gasteiger charge is 2.06. The second kappa shape index (κ2) is 16.5. The normalized spacial score (nSPS) is 10.9. The van der Waals surface area contributed by atoms with Crippen LogP contribution in [0.25, 0.3) is 0 Å². The standard InChI is InChI=1S/C19H37NO2/c1-4-7-9-11-13-15-20(16-14-12-10-8-5-2)17-18-22-19(21)6-3/h6H,3-5,7-18H2,1-2H3. The molecule has 0 heterocycles. The van der Waals surface area contributed by atoms with Crippen molar-refractivity contribution in [3.63, 3.8) is 0 Å². The smallest absolute Gasteiger partial charge is 0.330 e. The fraction of sp³-hybridized carbons (Fsp3) is 0.842. The van der Waals surface area contributed by atoms with Crippen molar-refractivity contribution >= 4 is 5.97 Å². The highest BCUT2D eigenvalue weighted by atomic mass is 16.5. The van der Waals surface area contributed by atoms with E-state index in [1.165, 1.54) is 70.3 Å². The zero-order valence-electron chi connectivity index (χ0n) is 14.9. The Morgan fingerprint density at radius 3 is 1.82 bits per heavy atom. The molecule has 0 aromatic carbocycles. The van der Waals surface area contributed by atoms with Gasteiger partial charge in [-0.2, -0.15) is 0 Å². The fourth-order valence-electron chi connectivity index (χ4n) is 2.55. The van der Waals surface area contributed by atoms with Gasteiger partial charge in [0.15, 0.2) is 0 Å². The predicted molar refractivity (Wildman–Crippen MR) is 95.1 cm³/mol. The van der Waals surface area contributed by atoms with Crippen molar-refractivity contribution in [2.24, 2.45) is 0 Å². The lowest BCUT2D eigenvalue weighted by atomic mass is 10.1. The van der Waals surface area contributed by atoms with E-state index in [0.717, 1.165) is 19.6 Å². The Morgan fingerprint density at radius 1 is 0.864 bits per heavy atom. The van der Waals surface area contributed by atoms with E-state index in [0.29, 0.717) is 6.61 Å². The van der Waals surface area contributed by atoms with Crippen LogP contribution in [-0.2, 0) is 9.53 Å². The maximum Gasteiger partial charge on any atom is 0.330 e. The molecule has 3 heteroatoms. The molecule has 0 bridgehead atoms. The van der Waals surface area contributed by atoms with Gasteiger partial charge >= 0.3 is 5.97 Å². The minimum absolute atomic E-state index is 0.314. The van der Waals surface area contributed by atoms with Gasteiger partial charge in [0.25, 0.3) is 0 Å². The third-order valence-electron chi connectivity index (χ3n) is 3.97. The van der Waals surface area contributed by atoms with Crippen molar-refractivity contribution in [1.29, 1.82) is 0 Å². The highest BCUT2D eigenvalue weighted by Crippen LogP contribution is 2.07. The largest absolute Gasteiger partial charge is 0.461 e. The molecular formula is C19H37NO2. The zero-order chi connectivity index (χ0) is 16.5. The molecule has 3 nitrogen and oxygen atoms in total. The van der Waals surface area contributed by atoms with Crippen LogP contribution in [0.4, 0.5) is 0 Å². The second-order valence-corrected chi connectivity index (χ2v) is 6.04. The van der Waals surface area contributed by atoms with Gasteiger partial charge in [-0.25, -0.2) is 4.79 Å². The third-order valence-corrected chi connectivity index (χ3v) is 3.97. The van der Waals surface area contributed by atoms with Gasteiger partial charge in [0.1, 0.15) is 6.61 Å². The average Bonchev–Trinajstić information content (AvgIpc) is 2.53. The Labute approximate surface area is 138 Å². The SMILES string of the molecule is C=CC(=O)OCCN(CCCCCCC)CCCCCCC. The molecular weight excluding hydrogens is 274 g/mol. The van der Waals surface area contributed by atoms with Gasteiger partial charge in [0, 0.05) is 12.6 Å². The van der Waals surface area contributed by atoms with Crippen LogP contribution in [0.3, 0.4) is 0 Å².